The molecule has 0 amide bonds. The Labute approximate surface area is 95.9 Å². The lowest BCUT2D eigenvalue weighted by molar-refractivity contribution is -0.00000456. The van der Waals surface area contributed by atoms with Crippen molar-refractivity contribution >= 4 is 0 Å². The molecule has 0 saturated heterocycles. The van der Waals surface area contributed by atoms with Gasteiger partial charge in [0.2, 0.25) is 0 Å². The smallest absolute Gasteiger partial charge is 0.127 e. The van der Waals surface area contributed by atoms with Gasteiger partial charge >= 0.3 is 0 Å². The summed E-state index contributed by atoms with van der Waals surface area (Å²) in [6.45, 7) is 4.20. The van der Waals surface area contributed by atoms with Crippen LogP contribution in [0.1, 0.15) is 19.4 Å². The average Bonchev–Trinajstić information content (AvgIpc) is 2.17. The van der Waals surface area contributed by atoms with Crippen molar-refractivity contribution in [2.75, 3.05) is 6.61 Å². The summed E-state index contributed by atoms with van der Waals surface area (Å²) in [5.74, 6) is -0.214. The highest BCUT2D eigenvalue weighted by Crippen LogP contribution is 2.08. The van der Waals surface area contributed by atoms with Crippen LogP contribution in [0.5, 0.6) is 0 Å². The predicted molar refractivity (Wildman–Crippen MR) is 54.4 cm³/mol. The van der Waals surface area contributed by atoms with Gasteiger partial charge in [-0.1, -0.05) is 18.2 Å². The molecular weight excluding hydrogens is 217 g/mol. The first-order valence-corrected chi connectivity index (χ1v) is 4.64. The number of hydrogen-bond donors (Lipinski definition) is 2. The van der Waals surface area contributed by atoms with Crippen molar-refractivity contribution in [2.45, 2.75) is 25.9 Å². The van der Waals surface area contributed by atoms with Gasteiger partial charge in [-0.2, -0.15) is 0 Å². The molecule has 2 nitrogen and oxygen atoms in total. The van der Waals surface area contributed by atoms with Crippen LogP contribution in [-0.2, 0) is 6.54 Å². The van der Waals surface area contributed by atoms with E-state index in [0.717, 1.165) is 0 Å². The number of benzene rings is 1. The molecule has 0 aliphatic carbocycles. The minimum absolute atomic E-state index is 0. The van der Waals surface area contributed by atoms with E-state index in [1.54, 1.807) is 18.2 Å². The highest BCUT2D eigenvalue weighted by molar-refractivity contribution is 5.17. The van der Waals surface area contributed by atoms with Crippen LogP contribution in [0.4, 0.5) is 4.39 Å². The first-order valence-electron chi connectivity index (χ1n) is 4.64. The van der Waals surface area contributed by atoms with Gasteiger partial charge in [-0.25, -0.2) is 4.39 Å². The van der Waals surface area contributed by atoms with Crippen LogP contribution in [0.15, 0.2) is 24.3 Å². The number of nitrogens with one attached hydrogen (secondary N) is 1. The molecule has 0 bridgehead atoms. The van der Waals surface area contributed by atoms with Gasteiger partial charge in [0.05, 0.1) is 6.61 Å². The normalized spacial score (nSPS) is 10.9. The van der Waals surface area contributed by atoms with E-state index >= 15 is 0 Å². The van der Waals surface area contributed by atoms with Crippen LogP contribution >= 0.6 is 0 Å². The molecule has 0 atom stereocenters. The predicted octanol–water partition coefficient (Wildman–Crippen LogP) is -1.31. The molecule has 0 aliphatic heterocycles. The summed E-state index contributed by atoms with van der Waals surface area (Å²) in [6.07, 6.45) is 0. The summed E-state index contributed by atoms with van der Waals surface area (Å²) >= 11 is 0. The van der Waals surface area contributed by atoms with Gasteiger partial charge in [0.1, 0.15) is 5.82 Å². The van der Waals surface area contributed by atoms with Crippen LogP contribution < -0.4 is 17.7 Å². The lowest BCUT2D eigenvalue weighted by atomic mass is 10.1. The van der Waals surface area contributed by atoms with Crippen molar-refractivity contribution in [1.82, 2.24) is 5.32 Å². The van der Waals surface area contributed by atoms with Gasteiger partial charge in [-0.05, 0) is 19.9 Å². The molecule has 0 aliphatic rings. The topological polar surface area (TPSA) is 32.3 Å². The highest BCUT2D eigenvalue weighted by Gasteiger charge is 2.15. The molecule has 4 heteroatoms. The summed E-state index contributed by atoms with van der Waals surface area (Å²) in [6, 6.07) is 6.63. The molecule has 0 spiro atoms. The van der Waals surface area contributed by atoms with E-state index in [1.165, 1.54) is 6.07 Å². The number of hydrogen-bond acceptors (Lipinski definition) is 2. The van der Waals surface area contributed by atoms with Crippen molar-refractivity contribution < 1.29 is 21.9 Å². The van der Waals surface area contributed by atoms with Gasteiger partial charge in [0, 0.05) is 17.6 Å². The third-order valence-electron chi connectivity index (χ3n) is 2.11. The Kier molecular flexibility index (Phi) is 5.80. The molecule has 0 heterocycles. The zero-order valence-corrected chi connectivity index (χ0v) is 9.68. The summed E-state index contributed by atoms with van der Waals surface area (Å²) in [7, 11) is 0. The van der Waals surface area contributed by atoms with Gasteiger partial charge in [0.25, 0.3) is 0 Å². The molecule has 0 aromatic heterocycles. The first-order chi connectivity index (χ1) is 6.55. The van der Waals surface area contributed by atoms with Crippen molar-refractivity contribution in [2.24, 2.45) is 0 Å². The summed E-state index contributed by atoms with van der Waals surface area (Å²) in [5, 5.41) is 12.1. The number of rotatable bonds is 4. The van der Waals surface area contributed by atoms with Gasteiger partial charge in [0.15, 0.2) is 0 Å². The van der Waals surface area contributed by atoms with Crippen molar-refractivity contribution in [3.63, 3.8) is 0 Å². The van der Waals surface area contributed by atoms with E-state index in [1.807, 2.05) is 13.8 Å². The fraction of sp³-hybridized carbons (Fsp3) is 0.455. The zero-order chi connectivity index (χ0) is 10.6. The number of aliphatic hydroxyl groups excluding tert-OH is 1. The van der Waals surface area contributed by atoms with Crippen LogP contribution in [0.2, 0.25) is 0 Å². The van der Waals surface area contributed by atoms with Crippen LogP contribution in [-0.4, -0.2) is 17.3 Å². The van der Waals surface area contributed by atoms with Gasteiger partial charge in [-0.3, -0.25) is 0 Å². The first kappa shape index (κ1) is 14.4. The van der Waals surface area contributed by atoms with Crippen LogP contribution in [0, 0.1) is 5.82 Å². The third-order valence-corrected chi connectivity index (χ3v) is 2.11. The quantitative estimate of drug-likeness (QED) is 0.676. The van der Waals surface area contributed by atoms with Crippen LogP contribution in [0.25, 0.3) is 0 Å². The lowest BCUT2D eigenvalue weighted by Crippen LogP contribution is -3.00. The molecule has 0 unspecified atom stereocenters. The summed E-state index contributed by atoms with van der Waals surface area (Å²) in [5.41, 5.74) is 0.247. The highest BCUT2D eigenvalue weighted by atomic mass is 35.5. The summed E-state index contributed by atoms with van der Waals surface area (Å²) in [4.78, 5) is 0. The Hall–Kier alpha value is -0.640. The molecule has 0 fully saturated rings. The van der Waals surface area contributed by atoms with Crippen molar-refractivity contribution in [3.05, 3.63) is 35.6 Å². The van der Waals surface area contributed by atoms with E-state index < -0.39 is 0 Å². The second-order valence-corrected chi connectivity index (χ2v) is 3.99. The molecule has 1 aromatic carbocycles. The third kappa shape index (κ3) is 4.60. The fourth-order valence-corrected chi connectivity index (χ4v) is 1.03. The molecule has 1 aromatic rings. The van der Waals surface area contributed by atoms with Gasteiger partial charge < -0.3 is 22.8 Å². The molecule has 86 valence electrons. The van der Waals surface area contributed by atoms with Crippen LogP contribution in [0.3, 0.4) is 0 Å². The summed E-state index contributed by atoms with van der Waals surface area (Å²) < 4.78 is 13.2. The van der Waals surface area contributed by atoms with E-state index in [9.17, 15) is 4.39 Å². The van der Waals surface area contributed by atoms with E-state index in [0.29, 0.717) is 12.1 Å². The molecule has 15 heavy (non-hydrogen) atoms. The molecule has 1 rings (SSSR count). The second-order valence-electron chi connectivity index (χ2n) is 3.99. The Bertz CT molecular complexity index is 304. The van der Waals surface area contributed by atoms with E-state index in [4.69, 9.17) is 5.11 Å². The largest absolute Gasteiger partial charge is 1.00 e. The maximum Gasteiger partial charge on any atom is 0.127 e. The minimum Gasteiger partial charge on any atom is -1.00 e. The lowest BCUT2D eigenvalue weighted by Gasteiger charge is -2.23. The molecular formula is C11H16ClFNO-. The monoisotopic (exact) mass is 232 g/mol. The van der Waals surface area contributed by atoms with E-state index in [2.05, 4.69) is 5.32 Å². The second kappa shape index (κ2) is 6.05. The Balaban J connectivity index is 0.00000196. The number of halogens is 2. The minimum atomic E-state index is -0.373. The fourth-order valence-electron chi connectivity index (χ4n) is 1.03. The molecule has 2 N–H and O–H groups in total. The Morgan fingerprint density at radius 1 is 1.33 bits per heavy atom. The molecule has 0 radical (unpaired) electrons. The zero-order valence-electron chi connectivity index (χ0n) is 8.93. The Morgan fingerprint density at radius 2 is 1.93 bits per heavy atom. The number of aliphatic hydroxyl groups is 1. The van der Waals surface area contributed by atoms with Crippen molar-refractivity contribution in [3.8, 4) is 0 Å². The maximum absolute atomic E-state index is 13.2. The maximum atomic E-state index is 13.2. The molecule has 0 saturated carbocycles. The van der Waals surface area contributed by atoms with Gasteiger partial charge in [-0.15, -0.1) is 0 Å². The standard InChI is InChI=1S/C11H16FNO.ClH/c1-11(2,8-14)13-7-9-5-3-4-6-10(9)12;/h3-6,13-14H,7-8H2,1-2H3;1H/p-1. The van der Waals surface area contributed by atoms with Crippen molar-refractivity contribution in [1.29, 1.82) is 0 Å². The SMILES string of the molecule is CC(C)(CO)NCc1ccccc1F.[Cl-]. The Morgan fingerprint density at radius 3 is 2.47 bits per heavy atom. The average molecular weight is 233 g/mol. The van der Waals surface area contributed by atoms with E-state index in [-0.39, 0.29) is 30.4 Å².